The van der Waals surface area contributed by atoms with Crippen molar-refractivity contribution in [3.63, 3.8) is 0 Å². The molecule has 0 saturated carbocycles. The molecule has 3 N–H and O–H groups in total. The van der Waals surface area contributed by atoms with Crippen molar-refractivity contribution >= 4 is 11.9 Å². The number of nitrogens with zero attached hydrogens (tertiary/aromatic N) is 3. The molecule has 27 heavy (non-hydrogen) atoms. The summed E-state index contributed by atoms with van der Waals surface area (Å²) in [5.41, 5.74) is -0.696. The molecule has 9 nitrogen and oxygen atoms in total. The maximum Gasteiger partial charge on any atom is 0.337 e. The predicted molar refractivity (Wildman–Crippen MR) is 97.1 cm³/mol. The summed E-state index contributed by atoms with van der Waals surface area (Å²) in [6.45, 7) is 6.39. The molecule has 9 heteroatoms. The van der Waals surface area contributed by atoms with E-state index in [4.69, 9.17) is 9.84 Å². The average Bonchev–Trinajstić information content (AvgIpc) is 3.03. The highest BCUT2D eigenvalue weighted by molar-refractivity contribution is 5.94. The van der Waals surface area contributed by atoms with E-state index in [0.29, 0.717) is 17.8 Å². The predicted octanol–water partition coefficient (Wildman–Crippen LogP) is 1.18. The zero-order valence-electron chi connectivity index (χ0n) is 15.8. The number of hydrogen-bond acceptors (Lipinski definition) is 6. The molecule has 1 heterocycles. The van der Waals surface area contributed by atoms with Crippen LogP contribution in [0.3, 0.4) is 0 Å². The van der Waals surface area contributed by atoms with Gasteiger partial charge in [0.2, 0.25) is 0 Å². The number of aromatic nitrogens is 3. The summed E-state index contributed by atoms with van der Waals surface area (Å²) in [6, 6.07) is 7.23. The van der Waals surface area contributed by atoms with Crippen LogP contribution >= 0.6 is 0 Å². The van der Waals surface area contributed by atoms with Crippen molar-refractivity contribution in [2.45, 2.75) is 45.8 Å². The van der Waals surface area contributed by atoms with Crippen LogP contribution in [0.4, 0.5) is 0 Å². The second kappa shape index (κ2) is 8.17. The van der Waals surface area contributed by atoms with Crippen LogP contribution in [-0.4, -0.2) is 55.3 Å². The van der Waals surface area contributed by atoms with Gasteiger partial charge in [-0.05, 0) is 51.5 Å². The Balaban J connectivity index is 2.21. The van der Waals surface area contributed by atoms with Crippen LogP contribution in [0.15, 0.2) is 24.3 Å². The maximum absolute atomic E-state index is 12.4. The molecule has 1 aromatic heterocycles. The molecule has 0 spiro atoms. The Morgan fingerprint density at radius 2 is 1.93 bits per heavy atom. The lowest BCUT2D eigenvalue weighted by Gasteiger charge is -2.17. The van der Waals surface area contributed by atoms with Gasteiger partial charge in [0.1, 0.15) is 5.75 Å². The Kier molecular flexibility index (Phi) is 6.17. The fraction of sp³-hybridized carbons (Fsp3) is 0.444. The molecule has 0 radical (unpaired) electrons. The number of nitrogens with one attached hydrogen (secondary N) is 1. The molecule has 0 aliphatic rings. The number of carbonyl (C=O) groups excluding carboxylic acids is 1. The van der Waals surface area contributed by atoms with Crippen molar-refractivity contribution in [1.82, 2.24) is 20.3 Å². The van der Waals surface area contributed by atoms with Gasteiger partial charge in [-0.1, -0.05) is 12.1 Å². The van der Waals surface area contributed by atoms with Crippen LogP contribution in [0.1, 0.15) is 43.9 Å². The standard InChI is InChI=1S/C18H24N4O5/c1-5-14-15(16(23)19-10-18(4,26)17(24)25)20-21-22(14)12-6-8-13(9-7-12)27-11(2)3/h6-9,11,26H,5,10H2,1-4H3,(H,19,23)(H,24,25). The first-order chi connectivity index (χ1) is 12.7. The Bertz CT molecular complexity index is 812. The summed E-state index contributed by atoms with van der Waals surface area (Å²) >= 11 is 0. The third-order valence-corrected chi connectivity index (χ3v) is 3.82. The number of ether oxygens (including phenoxy) is 1. The monoisotopic (exact) mass is 376 g/mol. The lowest BCUT2D eigenvalue weighted by atomic mass is 10.1. The first-order valence-electron chi connectivity index (χ1n) is 8.61. The molecular formula is C18H24N4O5. The van der Waals surface area contributed by atoms with Gasteiger partial charge in [0.25, 0.3) is 5.91 Å². The van der Waals surface area contributed by atoms with Gasteiger partial charge in [-0.3, -0.25) is 4.79 Å². The highest BCUT2D eigenvalue weighted by Crippen LogP contribution is 2.19. The minimum atomic E-state index is -2.07. The van der Waals surface area contributed by atoms with Crippen LogP contribution in [-0.2, 0) is 11.2 Å². The molecule has 0 bridgehead atoms. The largest absolute Gasteiger partial charge is 0.491 e. The molecule has 1 amide bonds. The smallest absolute Gasteiger partial charge is 0.337 e. The van der Waals surface area contributed by atoms with Crippen molar-refractivity contribution in [2.75, 3.05) is 6.54 Å². The number of carboxylic acids is 1. The number of carbonyl (C=O) groups is 2. The molecule has 0 saturated heterocycles. The van der Waals surface area contributed by atoms with Gasteiger partial charge in [-0.2, -0.15) is 0 Å². The first-order valence-corrected chi connectivity index (χ1v) is 8.61. The zero-order valence-corrected chi connectivity index (χ0v) is 15.8. The fourth-order valence-electron chi connectivity index (χ4n) is 2.35. The van der Waals surface area contributed by atoms with Crippen molar-refractivity contribution in [2.24, 2.45) is 0 Å². The normalized spacial score (nSPS) is 13.3. The van der Waals surface area contributed by atoms with Crippen LogP contribution in [0.5, 0.6) is 5.75 Å². The van der Waals surface area contributed by atoms with E-state index in [1.165, 1.54) is 0 Å². The SMILES string of the molecule is CCc1c(C(=O)NCC(C)(O)C(=O)O)nnn1-c1ccc(OC(C)C)cc1. The highest BCUT2D eigenvalue weighted by atomic mass is 16.5. The van der Waals surface area contributed by atoms with Crippen molar-refractivity contribution in [3.05, 3.63) is 35.7 Å². The second-order valence-electron chi connectivity index (χ2n) is 6.57. The quantitative estimate of drug-likeness (QED) is 0.631. The first kappa shape index (κ1) is 20.4. The third kappa shape index (κ3) is 4.82. The van der Waals surface area contributed by atoms with E-state index in [0.717, 1.165) is 12.7 Å². The summed E-state index contributed by atoms with van der Waals surface area (Å²) in [7, 11) is 0. The van der Waals surface area contributed by atoms with Crippen LogP contribution in [0.25, 0.3) is 5.69 Å². The molecule has 146 valence electrons. The molecule has 1 atom stereocenters. The van der Waals surface area contributed by atoms with Gasteiger partial charge in [-0.25, -0.2) is 9.48 Å². The molecule has 1 aromatic carbocycles. The van der Waals surface area contributed by atoms with Crippen LogP contribution in [0, 0.1) is 0 Å². The summed E-state index contributed by atoms with van der Waals surface area (Å²) < 4.78 is 7.15. The molecule has 2 rings (SSSR count). The van der Waals surface area contributed by atoms with E-state index in [1.807, 2.05) is 32.9 Å². The van der Waals surface area contributed by atoms with E-state index in [-0.39, 0.29) is 11.8 Å². The van der Waals surface area contributed by atoms with Crippen molar-refractivity contribution in [3.8, 4) is 11.4 Å². The molecule has 2 aromatic rings. The highest BCUT2D eigenvalue weighted by Gasteiger charge is 2.31. The molecule has 1 unspecified atom stereocenters. The van der Waals surface area contributed by atoms with E-state index < -0.39 is 24.0 Å². The van der Waals surface area contributed by atoms with E-state index in [9.17, 15) is 14.7 Å². The van der Waals surface area contributed by atoms with Crippen molar-refractivity contribution < 1.29 is 24.5 Å². The van der Waals surface area contributed by atoms with E-state index >= 15 is 0 Å². The fourth-order valence-corrected chi connectivity index (χ4v) is 2.35. The summed E-state index contributed by atoms with van der Waals surface area (Å²) in [6.07, 6.45) is 0.543. The third-order valence-electron chi connectivity index (χ3n) is 3.82. The minimum absolute atomic E-state index is 0.0618. The molecule has 0 fully saturated rings. The Labute approximate surface area is 157 Å². The molecule has 0 aliphatic carbocycles. The lowest BCUT2D eigenvalue weighted by Crippen LogP contribution is -2.46. The Hall–Kier alpha value is -2.94. The van der Waals surface area contributed by atoms with Gasteiger partial charge in [0.05, 0.1) is 24.0 Å². The van der Waals surface area contributed by atoms with Gasteiger partial charge in [0.15, 0.2) is 11.3 Å². The summed E-state index contributed by atoms with van der Waals surface area (Å²) in [5.74, 6) is -1.30. The lowest BCUT2D eigenvalue weighted by molar-refractivity contribution is -0.155. The number of rotatable bonds is 8. The summed E-state index contributed by atoms with van der Waals surface area (Å²) in [4.78, 5) is 23.3. The number of aliphatic hydroxyl groups is 1. The minimum Gasteiger partial charge on any atom is -0.491 e. The maximum atomic E-state index is 12.4. The van der Waals surface area contributed by atoms with Gasteiger partial charge in [0, 0.05) is 0 Å². The van der Waals surface area contributed by atoms with Crippen molar-refractivity contribution in [1.29, 1.82) is 0 Å². The molecular weight excluding hydrogens is 352 g/mol. The van der Waals surface area contributed by atoms with E-state index in [1.54, 1.807) is 16.8 Å². The number of carboxylic acid groups (broad SMARTS) is 1. The number of aliphatic carboxylic acids is 1. The second-order valence-corrected chi connectivity index (χ2v) is 6.57. The topological polar surface area (TPSA) is 127 Å². The van der Waals surface area contributed by atoms with Gasteiger partial charge in [-0.15, -0.1) is 5.10 Å². The average molecular weight is 376 g/mol. The Morgan fingerprint density at radius 1 is 1.30 bits per heavy atom. The zero-order chi connectivity index (χ0) is 20.2. The number of hydrogen-bond donors (Lipinski definition) is 3. The van der Waals surface area contributed by atoms with Crippen LogP contribution in [0.2, 0.25) is 0 Å². The Morgan fingerprint density at radius 3 is 2.44 bits per heavy atom. The van der Waals surface area contributed by atoms with Gasteiger partial charge >= 0.3 is 5.97 Å². The number of benzene rings is 1. The van der Waals surface area contributed by atoms with E-state index in [2.05, 4.69) is 15.6 Å². The molecule has 0 aliphatic heterocycles. The van der Waals surface area contributed by atoms with Gasteiger partial charge < -0.3 is 20.3 Å². The number of amides is 1. The van der Waals surface area contributed by atoms with Crippen LogP contribution < -0.4 is 10.1 Å². The summed E-state index contributed by atoms with van der Waals surface area (Å²) in [5, 5.41) is 29.0.